The lowest BCUT2D eigenvalue weighted by molar-refractivity contribution is -0.122. The number of hydrogen-bond donors (Lipinski definition) is 1. The van der Waals surface area contributed by atoms with Gasteiger partial charge in [0.05, 0.1) is 5.69 Å². The smallest absolute Gasteiger partial charge is 0.265 e. The number of hydrogen-bond acceptors (Lipinski definition) is 4. The maximum Gasteiger partial charge on any atom is 0.265 e. The molecule has 2 aromatic rings. The van der Waals surface area contributed by atoms with Gasteiger partial charge in [-0.3, -0.25) is 14.4 Å². The van der Waals surface area contributed by atoms with Gasteiger partial charge in [0.15, 0.2) is 12.4 Å². The second-order valence-corrected chi connectivity index (χ2v) is 6.76. The maximum absolute atomic E-state index is 12.3. The fourth-order valence-electron chi connectivity index (χ4n) is 3.14. The van der Waals surface area contributed by atoms with Crippen LogP contribution in [0.25, 0.3) is 0 Å². The Hall–Kier alpha value is -3.15. The Morgan fingerprint density at radius 1 is 1.14 bits per heavy atom. The van der Waals surface area contributed by atoms with E-state index in [9.17, 15) is 14.4 Å². The average molecular weight is 380 g/mol. The summed E-state index contributed by atoms with van der Waals surface area (Å²) >= 11 is 0. The van der Waals surface area contributed by atoms with Crippen LogP contribution < -0.4 is 15.0 Å². The Bertz CT molecular complexity index is 864. The fourth-order valence-corrected chi connectivity index (χ4v) is 3.14. The van der Waals surface area contributed by atoms with Crippen LogP contribution in [-0.2, 0) is 16.0 Å². The molecule has 0 saturated carbocycles. The molecule has 2 amide bonds. The van der Waals surface area contributed by atoms with Gasteiger partial charge < -0.3 is 15.0 Å². The number of nitrogens with one attached hydrogen (secondary N) is 1. The molecule has 0 fully saturated rings. The molecular formula is C22H24N2O4. The summed E-state index contributed by atoms with van der Waals surface area (Å²) in [6, 6.07) is 15.1. The Labute approximate surface area is 164 Å². The highest BCUT2D eigenvalue weighted by atomic mass is 16.5. The summed E-state index contributed by atoms with van der Waals surface area (Å²) in [4.78, 5) is 37.5. The number of fused-ring (bicyclic) bond motifs is 1. The van der Waals surface area contributed by atoms with Crippen LogP contribution in [0.2, 0.25) is 0 Å². The lowest BCUT2D eigenvalue weighted by Gasteiger charge is -2.29. The van der Waals surface area contributed by atoms with Crippen molar-refractivity contribution >= 4 is 23.3 Å². The molecule has 0 saturated heterocycles. The first-order valence-corrected chi connectivity index (χ1v) is 9.43. The Kier molecular flexibility index (Phi) is 6.42. The first-order chi connectivity index (χ1) is 13.5. The molecular weight excluding hydrogens is 356 g/mol. The van der Waals surface area contributed by atoms with Crippen molar-refractivity contribution in [3.05, 3.63) is 59.7 Å². The molecule has 3 rings (SSSR count). The van der Waals surface area contributed by atoms with Crippen LogP contribution in [0.5, 0.6) is 5.75 Å². The molecule has 0 bridgehead atoms. The third kappa shape index (κ3) is 4.97. The zero-order chi connectivity index (χ0) is 19.9. The highest BCUT2D eigenvalue weighted by molar-refractivity contribution is 6.01. The molecule has 146 valence electrons. The van der Waals surface area contributed by atoms with Gasteiger partial charge in [-0.05, 0) is 43.5 Å². The number of ether oxygens (including phenoxy) is 1. The van der Waals surface area contributed by atoms with Crippen molar-refractivity contribution in [3.8, 4) is 5.75 Å². The quantitative estimate of drug-likeness (QED) is 0.715. The summed E-state index contributed by atoms with van der Waals surface area (Å²) < 4.78 is 5.44. The van der Waals surface area contributed by atoms with E-state index in [1.165, 1.54) is 12.5 Å². The number of amides is 2. The van der Waals surface area contributed by atoms with E-state index in [0.717, 1.165) is 6.42 Å². The normalized spacial score (nSPS) is 12.9. The molecule has 0 radical (unpaired) electrons. The lowest BCUT2D eigenvalue weighted by atomic mass is 10.1. The van der Waals surface area contributed by atoms with Crippen LogP contribution in [0.3, 0.4) is 0 Å². The number of anilines is 1. The third-order valence-electron chi connectivity index (χ3n) is 4.67. The molecule has 0 atom stereocenters. The van der Waals surface area contributed by atoms with Gasteiger partial charge in [-0.2, -0.15) is 0 Å². The standard InChI is InChI=1S/C22H24N2O4/c1-16(25)18-9-10-20-19(14-18)24(22(27)15-28-20)13-5-8-21(26)23-12-11-17-6-3-2-4-7-17/h2-4,6-7,9-10,14H,5,8,11-13,15H2,1H3,(H,23,26). The van der Waals surface area contributed by atoms with Gasteiger partial charge in [0.2, 0.25) is 5.91 Å². The van der Waals surface area contributed by atoms with Crippen molar-refractivity contribution < 1.29 is 19.1 Å². The van der Waals surface area contributed by atoms with E-state index in [1.807, 2.05) is 30.3 Å². The number of carbonyl (C=O) groups excluding carboxylic acids is 3. The van der Waals surface area contributed by atoms with Crippen LogP contribution in [-0.4, -0.2) is 37.3 Å². The molecule has 28 heavy (non-hydrogen) atoms. The lowest BCUT2D eigenvalue weighted by Crippen LogP contribution is -2.40. The Morgan fingerprint density at radius 2 is 1.93 bits per heavy atom. The molecule has 0 aliphatic carbocycles. The largest absolute Gasteiger partial charge is 0.482 e. The molecule has 2 aromatic carbocycles. The second kappa shape index (κ2) is 9.17. The number of benzene rings is 2. The van der Waals surface area contributed by atoms with Gasteiger partial charge in [0.1, 0.15) is 5.75 Å². The van der Waals surface area contributed by atoms with E-state index in [2.05, 4.69) is 5.32 Å². The summed E-state index contributed by atoms with van der Waals surface area (Å²) in [5.74, 6) is 0.308. The minimum atomic E-state index is -0.169. The Morgan fingerprint density at radius 3 is 2.68 bits per heavy atom. The van der Waals surface area contributed by atoms with E-state index in [4.69, 9.17) is 4.74 Å². The topological polar surface area (TPSA) is 75.7 Å². The van der Waals surface area contributed by atoms with E-state index in [0.29, 0.717) is 42.9 Å². The SMILES string of the molecule is CC(=O)c1ccc2c(c1)N(CCCC(=O)NCCc1ccccc1)C(=O)CO2. The first kappa shape index (κ1) is 19.6. The van der Waals surface area contributed by atoms with Gasteiger partial charge in [0.25, 0.3) is 5.91 Å². The molecule has 1 heterocycles. The highest BCUT2D eigenvalue weighted by Crippen LogP contribution is 2.33. The minimum absolute atomic E-state index is 0.0321. The van der Waals surface area contributed by atoms with Crippen molar-refractivity contribution in [2.45, 2.75) is 26.2 Å². The molecule has 1 aliphatic heterocycles. The van der Waals surface area contributed by atoms with Crippen molar-refractivity contribution in [1.29, 1.82) is 0 Å². The zero-order valence-electron chi connectivity index (χ0n) is 15.9. The minimum Gasteiger partial charge on any atom is -0.482 e. The van der Waals surface area contributed by atoms with Gasteiger partial charge >= 0.3 is 0 Å². The summed E-state index contributed by atoms with van der Waals surface area (Å²) in [5, 5.41) is 2.91. The highest BCUT2D eigenvalue weighted by Gasteiger charge is 2.26. The van der Waals surface area contributed by atoms with Crippen LogP contribution in [0, 0.1) is 0 Å². The molecule has 6 nitrogen and oxygen atoms in total. The van der Waals surface area contributed by atoms with E-state index >= 15 is 0 Å². The summed E-state index contributed by atoms with van der Waals surface area (Å²) in [5.41, 5.74) is 2.30. The van der Waals surface area contributed by atoms with Gasteiger partial charge in [0, 0.05) is 25.1 Å². The van der Waals surface area contributed by atoms with Crippen LogP contribution in [0.4, 0.5) is 5.69 Å². The predicted molar refractivity (Wildman–Crippen MR) is 107 cm³/mol. The molecule has 6 heteroatoms. The monoisotopic (exact) mass is 380 g/mol. The van der Waals surface area contributed by atoms with E-state index in [-0.39, 0.29) is 24.2 Å². The zero-order valence-corrected chi connectivity index (χ0v) is 15.9. The molecule has 0 spiro atoms. The van der Waals surface area contributed by atoms with Crippen LogP contribution in [0.15, 0.2) is 48.5 Å². The van der Waals surface area contributed by atoms with Crippen LogP contribution >= 0.6 is 0 Å². The van der Waals surface area contributed by atoms with Crippen molar-refractivity contribution in [2.24, 2.45) is 0 Å². The van der Waals surface area contributed by atoms with Crippen molar-refractivity contribution in [1.82, 2.24) is 5.32 Å². The number of rotatable bonds is 8. The van der Waals surface area contributed by atoms with E-state index < -0.39 is 0 Å². The maximum atomic E-state index is 12.3. The van der Waals surface area contributed by atoms with Gasteiger partial charge in [-0.15, -0.1) is 0 Å². The summed E-state index contributed by atoms with van der Waals surface area (Å²) in [7, 11) is 0. The number of carbonyl (C=O) groups is 3. The van der Waals surface area contributed by atoms with E-state index in [1.54, 1.807) is 23.1 Å². The summed E-state index contributed by atoms with van der Waals surface area (Å²) in [6.07, 6.45) is 1.66. The second-order valence-electron chi connectivity index (χ2n) is 6.76. The fraction of sp³-hybridized carbons (Fsp3) is 0.318. The van der Waals surface area contributed by atoms with Crippen LogP contribution in [0.1, 0.15) is 35.7 Å². The molecule has 0 unspecified atom stereocenters. The molecule has 1 aliphatic rings. The molecule has 1 N–H and O–H groups in total. The predicted octanol–water partition coefficient (Wildman–Crippen LogP) is 2.75. The van der Waals surface area contributed by atoms with Crippen molar-refractivity contribution in [2.75, 3.05) is 24.6 Å². The third-order valence-corrected chi connectivity index (χ3v) is 4.67. The number of Topliss-reactive ketones (excluding diaryl/α,β-unsaturated/α-hetero) is 1. The van der Waals surface area contributed by atoms with Gasteiger partial charge in [-0.1, -0.05) is 30.3 Å². The number of nitrogens with zero attached hydrogens (tertiary/aromatic N) is 1. The first-order valence-electron chi connectivity index (χ1n) is 9.43. The van der Waals surface area contributed by atoms with Crippen molar-refractivity contribution in [3.63, 3.8) is 0 Å². The molecule has 0 aromatic heterocycles. The summed E-state index contributed by atoms with van der Waals surface area (Å²) in [6.45, 7) is 2.44. The van der Waals surface area contributed by atoms with Gasteiger partial charge in [-0.25, -0.2) is 0 Å². The number of ketones is 1. The average Bonchev–Trinajstić information content (AvgIpc) is 2.70. The Balaban J connectivity index is 1.50.